The Morgan fingerprint density at radius 3 is 2.10 bits per heavy atom. The van der Waals surface area contributed by atoms with Crippen molar-refractivity contribution in [3.05, 3.63) is 58.6 Å². The number of benzene rings is 2. The molecular weight excluding hydrogens is 278 g/mol. The van der Waals surface area contributed by atoms with Crippen molar-refractivity contribution in [2.24, 2.45) is 0 Å². The Labute approximate surface area is 123 Å². The summed E-state index contributed by atoms with van der Waals surface area (Å²) in [7, 11) is 0. The molecule has 0 saturated heterocycles. The molecule has 0 radical (unpaired) electrons. The first-order valence-corrected chi connectivity index (χ1v) is 7.18. The first kappa shape index (κ1) is 15.0. The number of hydrogen-bond acceptors (Lipinski definition) is 0. The predicted octanol–water partition coefficient (Wildman–Crippen LogP) is 6.19. The maximum absolute atomic E-state index is 13.4. The van der Waals surface area contributed by atoms with Crippen LogP contribution in [0.5, 0.6) is 0 Å². The zero-order valence-electron chi connectivity index (χ0n) is 11.6. The summed E-state index contributed by atoms with van der Waals surface area (Å²) >= 11 is 6.05. The van der Waals surface area contributed by atoms with Crippen molar-refractivity contribution >= 4 is 11.6 Å². The van der Waals surface area contributed by atoms with Crippen LogP contribution in [0.2, 0.25) is 5.02 Å². The summed E-state index contributed by atoms with van der Waals surface area (Å²) in [5.74, 6) is -0.792. The molecule has 3 heteroatoms. The fourth-order valence-corrected chi connectivity index (χ4v) is 2.74. The average Bonchev–Trinajstić information content (AvgIpc) is 2.40. The van der Waals surface area contributed by atoms with Crippen LogP contribution < -0.4 is 0 Å². The number of rotatable bonds is 4. The molecule has 0 saturated carbocycles. The van der Waals surface area contributed by atoms with Crippen molar-refractivity contribution in [2.75, 3.05) is 0 Å². The lowest BCUT2D eigenvalue weighted by Crippen LogP contribution is -1.99. The monoisotopic (exact) mass is 294 g/mol. The second-order valence-corrected chi connectivity index (χ2v) is 5.34. The van der Waals surface area contributed by atoms with E-state index in [-0.39, 0.29) is 0 Å². The lowest BCUT2D eigenvalue weighted by Gasteiger charge is -2.18. The van der Waals surface area contributed by atoms with Crippen molar-refractivity contribution in [1.29, 1.82) is 0 Å². The fourth-order valence-electron chi connectivity index (χ4n) is 2.57. The van der Waals surface area contributed by atoms with Gasteiger partial charge in [0.1, 0.15) is 11.6 Å². The van der Waals surface area contributed by atoms with Gasteiger partial charge in [0.25, 0.3) is 0 Å². The SMILES string of the molecule is CCC(CC)c1ccc(Cl)cc1-c1cc(F)cc(F)c1. The minimum absolute atomic E-state index is 0.355. The fraction of sp³-hybridized carbons (Fsp3) is 0.294. The Bertz CT molecular complexity index is 584. The summed E-state index contributed by atoms with van der Waals surface area (Å²) in [6, 6.07) is 9.14. The van der Waals surface area contributed by atoms with Gasteiger partial charge in [0.05, 0.1) is 0 Å². The third kappa shape index (κ3) is 3.18. The van der Waals surface area contributed by atoms with Crippen LogP contribution in [0.15, 0.2) is 36.4 Å². The van der Waals surface area contributed by atoms with Gasteiger partial charge in [-0.05, 0) is 59.7 Å². The lowest BCUT2D eigenvalue weighted by atomic mass is 9.87. The van der Waals surface area contributed by atoms with E-state index >= 15 is 0 Å². The molecule has 2 aromatic carbocycles. The van der Waals surface area contributed by atoms with E-state index in [2.05, 4.69) is 13.8 Å². The standard InChI is InChI=1S/C17H17ClF2/c1-3-11(4-2)16-6-5-13(18)9-17(16)12-7-14(19)10-15(20)8-12/h5-11H,3-4H2,1-2H3. The smallest absolute Gasteiger partial charge is 0.126 e. The minimum atomic E-state index is -0.574. The second kappa shape index (κ2) is 6.36. The van der Waals surface area contributed by atoms with Crippen molar-refractivity contribution in [3.63, 3.8) is 0 Å². The van der Waals surface area contributed by atoms with Gasteiger partial charge in [-0.25, -0.2) is 8.78 Å². The number of hydrogen-bond donors (Lipinski definition) is 0. The zero-order chi connectivity index (χ0) is 14.7. The quantitative estimate of drug-likeness (QED) is 0.631. The van der Waals surface area contributed by atoms with Crippen LogP contribution >= 0.6 is 11.6 Å². The third-order valence-corrected chi connectivity index (χ3v) is 3.85. The molecule has 0 amide bonds. The predicted molar refractivity (Wildman–Crippen MR) is 80.1 cm³/mol. The maximum Gasteiger partial charge on any atom is 0.126 e. The highest BCUT2D eigenvalue weighted by Crippen LogP contribution is 2.35. The Morgan fingerprint density at radius 2 is 1.55 bits per heavy atom. The molecule has 0 aliphatic heterocycles. The Hall–Kier alpha value is -1.41. The molecule has 0 unspecified atom stereocenters. The molecule has 0 aliphatic carbocycles. The van der Waals surface area contributed by atoms with Crippen LogP contribution in [0.1, 0.15) is 38.2 Å². The first-order chi connectivity index (χ1) is 9.55. The minimum Gasteiger partial charge on any atom is -0.207 e. The summed E-state index contributed by atoms with van der Waals surface area (Å²) in [5, 5.41) is 0.569. The van der Waals surface area contributed by atoms with Crippen LogP contribution in [0.4, 0.5) is 8.78 Å². The molecular formula is C17H17ClF2. The molecule has 2 aromatic rings. The summed E-state index contributed by atoms with van der Waals surface area (Å²) in [5.41, 5.74) is 2.43. The van der Waals surface area contributed by atoms with E-state index in [0.29, 0.717) is 16.5 Å². The van der Waals surface area contributed by atoms with E-state index in [1.54, 1.807) is 6.07 Å². The third-order valence-electron chi connectivity index (χ3n) is 3.61. The van der Waals surface area contributed by atoms with E-state index in [0.717, 1.165) is 30.0 Å². The van der Waals surface area contributed by atoms with Crippen LogP contribution in [0.25, 0.3) is 11.1 Å². The molecule has 0 aliphatic rings. The second-order valence-electron chi connectivity index (χ2n) is 4.90. The van der Waals surface area contributed by atoms with Crippen molar-refractivity contribution in [3.8, 4) is 11.1 Å². The molecule has 2 rings (SSSR count). The van der Waals surface area contributed by atoms with Gasteiger partial charge in [-0.1, -0.05) is 31.5 Å². The highest BCUT2D eigenvalue weighted by atomic mass is 35.5. The van der Waals surface area contributed by atoms with E-state index in [1.165, 1.54) is 12.1 Å². The maximum atomic E-state index is 13.4. The van der Waals surface area contributed by atoms with Gasteiger partial charge in [0.15, 0.2) is 0 Å². The lowest BCUT2D eigenvalue weighted by molar-refractivity contribution is 0.584. The van der Waals surface area contributed by atoms with Gasteiger partial charge in [0, 0.05) is 11.1 Å². The van der Waals surface area contributed by atoms with Gasteiger partial charge >= 0.3 is 0 Å². The van der Waals surface area contributed by atoms with Gasteiger partial charge in [0.2, 0.25) is 0 Å². The molecule has 0 heterocycles. The summed E-state index contributed by atoms with van der Waals surface area (Å²) < 4.78 is 26.9. The highest BCUT2D eigenvalue weighted by molar-refractivity contribution is 6.30. The zero-order valence-corrected chi connectivity index (χ0v) is 12.3. The molecule has 0 bridgehead atoms. The topological polar surface area (TPSA) is 0 Å². The first-order valence-electron chi connectivity index (χ1n) is 6.81. The number of halogens is 3. The molecule has 0 spiro atoms. The van der Waals surface area contributed by atoms with Gasteiger partial charge in [-0.15, -0.1) is 0 Å². The van der Waals surface area contributed by atoms with Crippen LogP contribution in [0.3, 0.4) is 0 Å². The average molecular weight is 295 g/mol. The van der Waals surface area contributed by atoms with Gasteiger partial charge in [-0.3, -0.25) is 0 Å². The molecule has 106 valence electrons. The molecule has 0 fully saturated rings. The van der Waals surface area contributed by atoms with E-state index < -0.39 is 11.6 Å². The molecule has 20 heavy (non-hydrogen) atoms. The van der Waals surface area contributed by atoms with Crippen molar-refractivity contribution in [1.82, 2.24) is 0 Å². The molecule has 0 N–H and O–H groups in total. The Balaban J connectivity index is 2.62. The summed E-state index contributed by atoms with van der Waals surface area (Å²) in [6.45, 7) is 4.22. The Kier molecular flexibility index (Phi) is 4.77. The van der Waals surface area contributed by atoms with Gasteiger partial charge < -0.3 is 0 Å². The van der Waals surface area contributed by atoms with E-state index in [4.69, 9.17) is 11.6 Å². The van der Waals surface area contributed by atoms with Gasteiger partial charge in [-0.2, -0.15) is 0 Å². The van der Waals surface area contributed by atoms with Crippen LogP contribution in [0, 0.1) is 11.6 Å². The largest absolute Gasteiger partial charge is 0.207 e. The van der Waals surface area contributed by atoms with E-state index in [1.807, 2.05) is 12.1 Å². The molecule has 0 atom stereocenters. The summed E-state index contributed by atoms with van der Waals surface area (Å²) in [6.07, 6.45) is 1.95. The molecule has 0 aromatic heterocycles. The van der Waals surface area contributed by atoms with Crippen molar-refractivity contribution < 1.29 is 8.78 Å². The van der Waals surface area contributed by atoms with Crippen LogP contribution in [-0.4, -0.2) is 0 Å². The van der Waals surface area contributed by atoms with Crippen LogP contribution in [-0.2, 0) is 0 Å². The van der Waals surface area contributed by atoms with Crippen molar-refractivity contribution in [2.45, 2.75) is 32.6 Å². The molecule has 0 nitrogen and oxygen atoms in total. The normalized spacial score (nSPS) is 11.1. The highest BCUT2D eigenvalue weighted by Gasteiger charge is 2.15. The summed E-state index contributed by atoms with van der Waals surface area (Å²) in [4.78, 5) is 0. The van der Waals surface area contributed by atoms with E-state index in [9.17, 15) is 8.78 Å². The Morgan fingerprint density at radius 1 is 0.950 bits per heavy atom.